The molecule has 0 spiro atoms. The van der Waals surface area contributed by atoms with Crippen molar-refractivity contribution in [3.8, 4) is 0 Å². The molecule has 2 heterocycles. The second-order valence-corrected chi connectivity index (χ2v) is 5.16. The average molecular weight is 341 g/mol. The highest BCUT2D eigenvalue weighted by atomic mass is 35.5. The van der Waals surface area contributed by atoms with Crippen molar-refractivity contribution >= 4 is 35.0 Å². The van der Waals surface area contributed by atoms with Crippen molar-refractivity contribution in [1.82, 2.24) is 9.97 Å². The van der Waals surface area contributed by atoms with E-state index in [4.69, 9.17) is 28.3 Å². The van der Waals surface area contributed by atoms with E-state index in [9.17, 15) is 9.59 Å². The Kier molecular flexibility index (Phi) is 6.46. The normalized spacial score (nSPS) is 9.68. The summed E-state index contributed by atoms with van der Waals surface area (Å²) in [6.07, 6.45) is 0. The molecule has 0 radical (unpaired) electrons. The third kappa shape index (κ3) is 5.09. The van der Waals surface area contributed by atoms with E-state index in [-0.39, 0.29) is 21.7 Å². The van der Waals surface area contributed by atoms with E-state index < -0.39 is 5.97 Å². The molecular formula is C15H14Cl2N2O3. The molecule has 2 aromatic rings. The number of halogens is 2. The number of aromatic carboxylic acids is 1. The van der Waals surface area contributed by atoms with Crippen molar-refractivity contribution in [2.75, 3.05) is 0 Å². The molecule has 0 aliphatic rings. The minimum Gasteiger partial charge on any atom is -0.478 e. The summed E-state index contributed by atoms with van der Waals surface area (Å²) < 4.78 is 0. The zero-order valence-electron chi connectivity index (χ0n) is 12.2. The number of aromatic nitrogens is 2. The van der Waals surface area contributed by atoms with Gasteiger partial charge in [-0.2, -0.15) is 0 Å². The van der Waals surface area contributed by atoms with E-state index in [1.807, 2.05) is 6.92 Å². The Morgan fingerprint density at radius 3 is 1.64 bits per heavy atom. The quantitative estimate of drug-likeness (QED) is 0.660. The standard InChI is InChI=1S/C8H8ClNO.C7H6ClNO2/c1-5-3-4-7(6(2)11)8(9)10-5;1-4-2-3-5(7(10)11)6(8)9-4/h3-4H,1-2H3;2-3H,1H3,(H,10,11). The molecule has 0 amide bonds. The van der Waals surface area contributed by atoms with E-state index in [1.165, 1.54) is 13.0 Å². The molecule has 0 saturated heterocycles. The Hall–Kier alpha value is -1.98. The van der Waals surface area contributed by atoms with Crippen LogP contribution in [0, 0.1) is 13.8 Å². The van der Waals surface area contributed by atoms with Crippen molar-refractivity contribution in [2.45, 2.75) is 20.8 Å². The van der Waals surface area contributed by atoms with Crippen molar-refractivity contribution < 1.29 is 14.7 Å². The Labute approximate surface area is 137 Å². The maximum absolute atomic E-state index is 10.9. The summed E-state index contributed by atoms with van der Waals surface area (Å²) in [5.41, 5.74) is 2.05. The molecule has 0 aliphatic heterocycles. The molecule has 0 fully saturated rings. The number of rotatable bonds is 2. The van der Waals surface area contributed by atoms with Gasteiger partial charge in [0.05, 0.1) is 11.1 Å². The number of hydrogen-bond donors (Lipinski definition) is 1. The molecule has 0 aliphatic carbocycles. The number of aryl methyl sites for hydroxylation is 2. The summed E-state index contributed by atoms with van der Waals surface area (Å²) in [5, 5.41) is 8.86. The highest BCUT2D eigenvalue weighted by Crippen LogP contribution is 2.14. The fourth-order valence-corrected chi connectivity index (χ4v) is 2.08. The first-order chi connectivity index (χ1) is 10.2. The Morgan fingerprint density at radius 2 is 1.32 bits per heavy atom. The fraction of sp³-hybridized carbons (Fsp3) is 0.200. The first-order valence-corrected chi connectivity index (χ1v) is 6.98. The zero-order chi connectivity index (χ0) is 16.9. The van der Waals surface area contributed by atoms with E-state index in [1.54, 1.807) is 25.1 Å². The van der Waals surface area contributed by atoms with Gasteiger partial charge < -0.3 is 5.11 Å². The van der Waals surface area contributed by atoms with Crippen molar-refractivity contribution in [2.24, 2.45) is 0 Å². The summed E-state index contributed by atoms with van der Waals surface area (Å²) in [6, 6.07) is 6.50. The van der Waals surface area contributed by atoms with Gasteiger partial charge in [0.25, 0.3) is 0 Å². The van der Waals surface area contributed by atoms with Crippen LogP contribution < -0.4 is 0 Å². The lowest BCUT2D eigenvalue weighted by Crippen LogP contribution is -1.99. The molecule has 5 nitrogen and oxygen atoms in total. The largest absolute Gasteiger partial charge is 0.478 e. The van der Waals surface area contributed by atoms with Crippen LogP contribution in [-0.4, -0.2) is 26.8 Å². The number of nitrogens with zero attached hydrogens (tertiary/aromatic N) is 2. The van der Waals surface area contributed by atoms with Crippen LogP contribution in [0.3, 0.4) is 0 Å². The van der Waals surface area contributed by atoms with E-state index in [0.717, 1.165) is 5.69 Å². The number of Topliss-reactive ketones (excluding diaryl/α,β-unsaturated/α-hetero) is 1. The van der Waals surface area contributed by atoms with Gasteiger partial charge in [-0.3, -0.25) is 4.79 Å². The van der Waals surface area contributed by atoms with Crippen LogP contribution in [0.2, 0.25) is 10.3 Å². The average Bonchev–Trinajstić information content (AvgIpc) is 2.38. The van der Waals surface area contributed by atoms with Crippen LogP contribution in [0.25, 0.3) is 0 Å². The maximum Gasteiger partial charge on any atom is 0.338 e. The van der Waals surface area contributed by atoms with E-state index in [2.05, 4.69) is 9.97 Å². The van der Waals surface area contributed by atoms with Gasteiger partial charge >= 0.3 is 5.97 Å². The molecule has 22 heavy (non-hydrogen) atoms. The van der Waals surface area contributed by atoms with Crippen molar-refractivity contribution in [3.63, 3.8) is 0 Å². The molecule has 0 saturated carbocycles. The zero-order valence-corrected chi connectivity index (χ0v) is 13.7. The first kappa shape index (κ1) is 18.1. The topological polar surface area (TPSA) is 80.2 Å². The van der Waals surface area contributed by atoms with Crippen molar-refractivity contribution in [1.29, 1.82) is 0 Å². The highest BCUT2D eigenvalue weighted by Gasteiger charge is 2.08. The number of carboxylic acids is 1. The van der Waals surface area contributed by atoms with Crippen LogP contribution >= 0.6 is 23.2 Å². The van der Waals surface area contributed by atoms with E-state index >= 15 is 0 Å². The van der Waals surface area contributed by atoms with Crippen LogP contribution in [-0.2, 0) is 0 Å². The summed E-state index contributed by atoms with van der Waals surface area (Å²) in [4.78, 5) is 29.0. The number of pyridine rings is 2. The predicted octanol–water partition coefficient (Wildman–Crippen LogP) is 3.99. The molecule has 0 atom stereocenters. The number of carboxylic acid groups (broad SMARTS) is 1. The van der Waals surface area contributed by atoms with Gasteiger partial charge in [-0.25, -0.2) is 14.8 Å². The fourth-order valence-electron chi connectivity index (χ4n) is 1.47. The molecule has 116 valence electrons. The number of carbonyl (C=O) groups is 2. The van der Waals surface area contributed by atoms with Crippen LogP contribution in [0.4, 0.5) is 0 Å². The van der Waals surface area contributed by atoms with Gasteiger partial charge in [0, 0.05) is 11.4 Å². The minimum atomic E-state index is -1.05. The Balaban J connectivity index is 0.000000220. The van der Waals surface area contributed by atoms with Gasteiger partial charge in [-0.1, -0.05) is 23.2 Å². The molecular weight excluding hydrogens is 327 g/mol. The second-order valence-electron chi connectivity index (χ2n) is 4.44. The first-order valence-electron chi connectivity index (χ1n) is 6.23. The molecule has 2 rings (SSSR count). The molecule has 0 aromatic carbocycles. The number of hydrogen-bond acceptors (Lipinski definition) is 4. The summed E-state index contributed by atoms with van der Waals surface area (Å²) in [5.74, 6) is -1.11. The van der Waals surface area contributed by atoms with Gasteiger partial charge in [0.15, 0.2) is 5.78 Å². The lowest BCUT2D eigenvalue weighted by atomic mass is 10.2. The Morgan fingerprint density at radius 1 is 0.909 bits per heavy atom. The molecule has 2 aromatic heterocycles. The SMILES string of the molecule is CC(=O)c1ccc(C)nc1Cl.Cc1ccc(C(=O)O)c(Cl)n1. The smallest absolute Gasteiger partial charge is 0.338 e. The second kappa shape index (κ2) is 7.87. The summed E-state index contributed by atoms with van der Waals surface area (Å²) >= 11 is 11.2. The number of carbonyl (C=O) groups excluding carboxylic acids is 1. The highest BCUT2D eigenvalue weighted by molar-refractivity contribution is 6.32. The lowest BCUT2D eigenvalue weighted by molar-refractivity contribution is 0.0696. The summed E-state index contributed by atoms with van der Waals surface area (Å²) in [7, 11) is 0. The van der Waals surface area contributed by atoms with Gasteiger partial charge in [0.1, 0.15) is 10.3 Å². The van der Waals surface area contributed by atoms with E-state index in [0.29, 0.717) is 11.3 Å². The van der Waals surface area contributed by atoms with Crippen LogP contribution in [0.15, 0.2) is 24.3 Å². The Bertz CT molecular complexity index is 656. The van der Waals surface area contributed by atoms with Gasteiger partial charge in [-0.15, -0.1) is 0 Å². The van der Waals surface area contributed by atoms with Crippen molar-refractivity contribution in [3.05, 3.63) is 57.1 Å². The third-order valence-electron chi connectivity index (χ3n) is 2.59. The molecule has 7 heteroatoms. The predicted molar refractivity (Wildman–Crippen MR) is 84.9 cm³/mol. The van der Waals surface area contributed by atoms with Gasteiger partial charge in [-0.05, 0) is 45.0 Å². The lowest BCUT2D eigenvalue weighted by Gasteiger charge is -1.98. The van der Waals surface area contributed by atoms with Crippen LogP contribution in [0.1, 0.15) is 39.0 Å². The third-order valence-corrected chi connectivity index (χ3v) is 3.16. The molecule has 0 bridgehead atoms. The molecule has 0 unspecified atom stereocenters. The summed E-state index contributed by atoms with van der Waals surface area (Å²) in [6.45, 7) is 5.05. The number of ketones is 1. The van der Waals surface area contributed by atoms with Crippen LogP contribution in [0.5, 0.6) is 0 Å². The monoisotopic (exact) mass is 340 g/mol. The van der Waals surface area contributed by atoms with Gasteiger partial charge in [0.2, 0.25) is 0 Å². The molecule has 1 N–H and O–H groups in total. The minimum absolute atomic E-state index is 0.0391. The maximum atomic E-state index is 10.9.